The summed E-state index contributed by atoms with van der Waals surface area (Å²) in [4.78, 5) is 30.8. The normalized spacial score (nSPS) is 14.0. The van der Waals surface area contributed by atoms with E-state index >= 15 is 0 Å². The minimum atomic E-state index is -0.316. The number of imide groups is 1. The number of hydrogen-bond acceptors (Lipinski definition) is 5. The number of amides is 2. The third-order valence-corrected chi connectivity index (χ3v) is 6.12. The van der Waals surface area contributed by atoms with Gasteiger partial charge in [0.05, 0.1) is 24.5 Å². The Balaban J connectivity index is 2.19. The Hall–Kier alpha value is -2.96. The molecule has 2 aromatic rings. The van der Waals surface area contributed by atoms with Crippen LogP contribution in [0.25, 0.3) is 5.57 Å². The molecule has 0 spiro atoms. The molecule has 0 saturated carbocycles. The lowest BCUT2D eigenvalue weighted by Crippen LogP contribution is -2.38. The second-order valence-corrected chi connectivity index (χ2v) is 8.16. The van der Waals surface area contributed by atoms with E-state index in [1.807, 2.05) is 69.0 Å². The number of anilines is 1. The smallest absolute Gasteiger partial charge is 0.282 e. The molecule has 2 amide bonds. The molecule has 170 valence electrons. The molecule has 0 saturated heterocycles. The fourth-order valence-electron chi connectivity index (χ4n) is 3.90. The van der Waals surface area contributed by atoms with Crippen LogP contribution in [0.15, 0.2) is 42.1 Å². The summed E-state index contributed by atoms with van der Waals surface area (Å²) in [5.74, 6) is -0.620. The van der Waals surface area contributed by atoms with Crippen LogP contribution in [0, 0.1) is 27.7 Å². The van der Waals surface area contributed by atoms with Gasteiger partial charge in [-0.1, -0.05) is 30.3 Å². The predicted molar refractivity (Wildman–Crippen MR) is 127 cm³/mol. The van der Waals surface area contributed by atoms with Gasteiger partial charge in [0, 0.05) is 27.3 Å². The van der Waals surface area contributed by atoms with Crippen molar-refractivity contribution in [1.82, 2.24) is 4.90 Å². The van der Waals surface area contributed by atoms with Gasteiger partial charge in [-0.05, 0) is 61.6 Å². The van der Waals surface area contributed by atoms with Crippen LogP contribution in [0.4, 0.5) is 5.69 Å². The third kappa shape index (κ3) is 4.47. The van der Waals surface area contributed by atoms with Crippen molar-refractivity contribution in [3.8, 4) is 0 Å². The highest BCUT2D eigenvalue weighted by molar-refractivity contribution is 6.45. The van der Waals surface area contributed by atoms with Gasteiger partial charge in [-0.25, -0.2) is 4.90 Å². The molecule has 1 aliphatic rings. The molecule has 3 rings (SSSR count). The van der Waals surface area contributed by atoms with E-state index in [4.69, 9.17) is 9.47 Å². The number of aryl methyl sites for hydroxylation is 3. The molecule has 0 N–H and O–H groups in total. The van der Waals surface area contributed by atoms with Crippen LogP contribution in [-0.4, -0.2) is 57.2 Å². The largest absolute Gasteiger partial charge is 0.383 e. The average molecular weight is 437 g/mol. The monoisotopic (exact) mass is 436 g/mol. The summed E-state index contributed by atoms with van der Waals surface area (Å²) < 4.78 is 10.6. The molecule has 6 nitrogen and oxygen atoms in total. The first kappa shape index (κ1) is 23.7. The first-order valence-electron chi connectivity index (χ1n) is 10.8. The van der Waals surface area contributed by atoms with Crippen LogP contribution in [0.2, 0.25) is 0 Å². The van der Waals surface area contributed by atoms with Crippen LogP contribution in [-0.2, 0) is 19.1 Å². The Bertz CT molecular complexity index is 1050. The number of methoxy groups -OCH3 is 2. The fourth-order valence-corrected chi connectivity index (χ4v) is 3.90. The maximum absolute atomic E-state index is 13.8. The number of nitrogens with zero attached hydrogens (tertiary/aromatic N) is 2. The van der Waals surface area contributed by atoms with E-state index < -0.39 is 0 Å². The third-order valence-electron chi connectivity index (χ3n) is 6.12. The summed E-state index contributed by atoms with van der Waals surface area (Å²) in [6.07, 6.45) is 0. The molecule has 0 unspecified atom stereocenters. The summed E-state index contributed by atoms with van der Waals surface area (Å²) in [6, 6.07) is 11.6. The number of rotatable bonds is 9. The van der Waals surface area contributed by atoms with Crippen LogP contribution in [0.1, 0.15) is 27.8 Å². The zero-order valence-electron chi connectivity index (χ0n) is 19.8. The highest BCUT2D eigenvalue weighted by atomic mass is 16.5. The molecule has 1 aliphatic heterocycles. The van der Waals surface area contributed by atoms with Crippen LogP contribution in [0.3, 0.4) is 0 Å². The van der Waals surface area contributed by atoms with Crippen molar-refractivity contribution >= 4 is 23.1 Å². The van der Waals surface area contributed by atoms with E-state index in [0.29, 0.717) is 43.3 Å². The van der Waals surface area contributed by atoms with E-state index in [2.05, 4.69) is 0 Å². The zero-order valence-corrected chi connectivity index (χ0v) is 19.8. The molecule has 0 aliphatic carbocycles. The maximum Gasteiger partial charge on any atom is 0.282 e. The molecule has 0 atom stereocenters. The predicted octanol–water partition coefficient (Wildman–Crippen LogP) is 3.80. The summed E-state index contributed by atoms with van der Waals surface area (Å²) in [6.45, 7) is 9.76. The van der Waals surface area contributed by atoms with Gasteiger partial charge in [0.15, 0.2) is 0 Å². The zero-order chi connectivity index (χ0) is 23.4. The van der Waals surface area contributed by atoms with Crippen LogP contribution >= 0.6 is 0 Å². The van der Waals surface area contributed by atoms with Gasteiger partial charge in [-0.15, -0.1) is 0 Å². The van der Waals surface area contributed by atoms with E-state index in [9.17, 15) is 9.59 Å². The first-order chi connectivity index (χ1) is 15.3. The molecule has 6 heteroatoms. The molecule has 0 bridgehead atoms. The molecule has 32 heavy (non-hydrogen) atoms. The maximum atomic E-state index is 13.8. The van der Waals surface area contributed by atoms with E-state index in [1.165, 1.54) is 4.90 Å². The van der Waals surface area contributed by atoms with E-state index in [0.717, 1.165) is 27.8 Å². The number of hydrogen-bond donors (Lipinski definition) is 0. The molecule has 0 radical (unpaired) electrons. The van der Waals surface area contributed by atoms with Gasteiger partial charge in [0.1, 0.15) is 5.70 Å². The minimum Gasteiger partial charge on any atom is -0.383 e. The minimum absolute atomic E-state index is 0.304. The van der Waals surface area contributed by atoms with Gasteiger partial charge in [0.2, 0.25) is 0 Å². The van der Waals surface area contributed by atoms with Crippen molar-refractivity contribution in [2.45, 2.75) is 27.7 Å². The number of benzene rings is 2. The molecular formula is C26H32N2O4. The van der Waals surface area contributed by atoms with Gasteiger partial charge in [0.25, 0.3) is 11.8 Å². The van der Waals surface area contributed by atoms with Crippen molar-refractivity contribution in [2.24, 2.45) is 0 Å². The highest BCUT2D eigenvalue weighted by Gasteiger charge is 2.43. The quantitative estimate of drug-likeness (QED) is 0.560. The molecule has 0 aromatic heterocycles. The standard InChI is InChI=1S/C26H32N2O4/c1-17-10-11-21(16-19(17)3)23-24(27(12-14-31-5)13-15-32-6)26(30)28(25(23)29)22-9-7-8-18(2)20(22)4/h7-11,16H,12-15H2,1-6H3. The molecule has 2 aromatic carbocycles. The molecular weight excluding hydrogens is 404 g/mol. The van der Waals surface area contributed by atoms with Crippen LogP contribution in [0.5, 0.6) is 0 Å². The van der Waals surface area contributed by atoms with Gasteiger partial charge < -0.3 is 14.4 Å². The van der Waals surface area contributed by atoms with Crippen LogP contribution < -0.4 is 4.90 Å². The summed E-state index contributed by atoms with van der Waals surface area (Å²) >= 11 is 0. The second kappa shape index (κ2) is 10.1. The Morgan fingerprint density at radius 3 is 2.06 bits per heavy atom. The lowest BCUT2D eigenvalue weighted by Gasteiger charge is -2.26. The van der Waals surface area contributed by atoms with Gasteiger partial charge in [-0.3, -0.25) is 9.59 Å². The van der Waals surface area contributed by atoms with E-state index in [1.54, 1.807) is 14.2 Å². The summed E-state index contributed by atoms with van der Waals surface area (Å²) in [5.41, 5.74) is 6.33. The lowest BCUT2D eigenvalue weighted by atomic mass is 9.99. The van der Waals surface area contributed by atoms with Gasteiger partial charge in [-0.2, -0.15) is 0 Å². The van der Waals surface area contributed by atoms with Crippen molar-refractivity contribution < 1.29 is 19.1 Å². The first-order valence-corrected chi connectivity index (χ1v) is 10.8. The highest BCUT2D eigenvalue weighted by Crippen LogP contribution is 2.37. The average Bonchev–Trinajstić information content (AvgIpc) is 3.02. The Morgan fingerprint density at radius 2 is 1.47 bits per heavy atom. The number of carbonyl (C=O) groups is 2. The number of ether oxygens (including phenoxy) is 2. The second-order valence-electron chi connectivity index (χ2n) is 8.16. The summed E-state index contributed by atoms with van der Waals surface area (Å²) in [5, 5.41) is 0. The fraction of sp³-hybridized carbons (Fsp3) is 0.385. The van der Waals surface area contributed by atoms with Crippen molar-refractivity contribution in [1.29, 1.82) is 0 Å². The van der Waals surface area contributed by atoms with E-state index in [-0.39, 0.29) is 11.8 Å². The Kier molecular flexibility index (Phi) is 7.48. The topological polar surface area (TPSA) is 59.1 Å². The Labute approximate surface area is 190 Å². The molecule has 1 heterocycles. The number of carbonyl (C=O) groups excluding carboxylic acids is 2. The summed E-state index contributed by atoms with van der Waals surface area (Å²) in [7, 11) is 3.24. The lowest BCUT2D eigenvalue weighted by molar-refractivity contribution is -0.120. The van der Waals surface area contributed by atoms with Crippen molar-refractivity contribution in [3.63, 3.8) is 0 Å². The van der Waals surface area contributed by atoms with Crippen molar-refractivity contribution in [3.05, 3.63) is 69.9 Å². The SMILES string of the molecule is COCCN(CCOC)C1=C(c2ccc(C)c(C)c2)C(=O)N(c2cccc(C)c2C)C1=O. The van der Waals surface area contributed by atoms with Crippen molar-refractivity contribution in [2.75, 3.05) is 45.4 Å². The van der Waals surface area contributed by atoms with Gasteiger partial charge >= 0.3 is 0 Å². The molecule has 0 fully saturated rings. The Morgan fingerprint density at radius 1 is 0.812 bits per heavy atom.